The second-order valence-corrected chi connectivity index (χ2v) is 5.66. The molecule has 4 nitrogen and oxygen atoms in total. The van der Waals surface area contributed by atoms with Gasteiger partial charge in [-0.1, -0.05) is 36.4 Å². The summed E-state index contributed by atoms with van der Waals surface area (Å²) < 4.78 is 7.95. The molecule has 0 fully saturated rings. The lowest BCUT2D eigenvalue weighted by Gasteiger charge is -2.12. The fraction of sp³-hybridized carbons (Fsp3) is 0.250. The van der Waals surface area contributed by atoms with Crippen LogP contribution in [0.3, 0.4) is 0 Å². The van der Waals surface area contributed by atoms with Crippen molar-refractivity contribution in [2.45, 2.75) is 26.5 Å². The van der Waals surface area contributed by atoms with E-state index in [4.69, 9.17) is 4.74 Å². The minimum absolute atomic E-state index is 0.137. The number of hydrogen-bond donors (Lipinski definition) is 1. The van der Waals surface area contributed by atoms with Crippen LogP contribution in [-0.4, -0.2) is 21.5 Å². The standard InChI is InChI=1S/C20H22N2O2/c1-2-22-14-18(13-21-22)19-12-16(10-11-23)8-9-20(19)24-15-17-6-4-3-5-7-17/h3-9,12-14,23H,2,10-11,15H2,1H3. The van der Waals surface area contributed by atoms with E-state index in [0.29, 0.717) is 13.0 Å². The van der Waals surface area contributed by atoms with Crippen LogP contribution in [0, 0.1) is 0 Å². The van der Waals surface area contributed by atoms with Crippen LogP contribution >= 0.6 is 0 Å². The molecule has 2 aromatic carbocycles. The third-order valence-corrected chi connectivity index (χ3v) is 3.95. The van der Waals surface area contributed by atoms with Crippen molar-refractivity contribution in [1.82, 2.24) is 9.78 Å². The van der Waals surface area contributed by atoms with E-state index in [2.05, 4.69) is 30.2 Å². The molecule has 0 aliphatic heterocycles. The Morgan fingerprint density at radius 2 is 1.92 bits per heavy atom. The molecule has 0 aliphatic carbocycles. The average Bonchev–Trinajstić information content (AvgIpc) is 3.11. The summed E-state index contributed by atoms with van der Waals surface area (Å²) in [5.41, 5.74) is 4.26. The Bertz CT molecular complexity index is 781. The fourth-order valence-electron chi connectivity index (χ4n) is 2.62. The van der Waals surface area contributed by atoms with Crippen LogP contribution in [0.25, 0.3) is 11.1 Å². The van der Waals surface area contributed by atoms with Crippen molar-refractivity contribution in [3.05, 3.63) is 72.1 Å². The number of aliphatic hydroxyl groups is 1. The first-order valence-electron chi connectivity index (χ1n) is 8.23. The van der Waals surface area contributed by atoms with Gasteiger partial charge in [0, 0.05) is 30.5 Å². The van der Waals surface area contributed by atoms with Crippen LogP contribution in [0.1, 0.15) is 18.1 Å². The Balaban J connectivity index is 1.89. The van der Waals surface area contributed by atoms with Gasteiger partial charge in [0.25, 0.3) is 0 Å². The first-order chi connectivity index (χ1) is 11.8. The van der Waals surface area contributed by atoms with E-state index in [1.807, 2.05) is 47.4 Å². The zero-order valence-electron chi connectivity index (χ0n) is 13.9. The van der Waals surface area contributed by atoms with Crippen LogP contribution in [0.2, 0.25) is 0 Å². The van der Waals surface area contributed by atoms with E-state index < -0.39 is 0 Å². The van der Waals surface area contributed by atoms with Gasteiger partial charge in [-0.25, -0.2) is 0 Å². The zero-order chi connectivity index (χ0) is 16.8. The Morgan fingerprint density at radius 1 is 1.08 bits per heavy atom. The van der Waals surface area contributed by atoms with Crippen LogP contribution in [0.15, 0.2) is 60.9 Å². The van der Waals surface area contributed by atoms with Gasteiger partial charge < -0.3 is 9.84 Å². The molecule has 0 bridgehead atoms. The number of ether oxygens (including phenoxy) is 1. The average molecular weight is 322 g/mol. The maximum Gasteiger partial charge on any atom is 0.127 e. The van der Waals surface area contributed by atoms with E-state index in [9.17, 15) is 5.11 Å². The van der Waals surface area contributed by atoms with E-state index in [1.165, 1.54) is 0 Å². The van der Waals surface area contributed by atoms with E-state index in [0.717, 1.165) is 34.5 Å². The summed E-state index contributed by atoms with van der Waals surface area (Å²) in [6.07, 6.45) is 4.51. The molecule has 124 valence electrons. The molecule has 0 saturated carbocycles. The highest BCUT2D eigenvalue weighted by molar-refractivity contribution is 5.70. The van der Waals surface area contributed by atoms with E-state index >= 15 is 0 Å². The highest BCUT2D eigenvalue weighted by atomic mass is 16.5. The molecular weight excluding hydrogens is 300 g/mol. The smallest absolute Gasteiger partial charge is 0.127 e. The molecular formula is C20H22N2O2. The molecule has 3 rings (SSSR count). The molecule has 4 heteroatoms. The van der Waals surface area contributed by atoms with Crippen molar-refractivity contribution < 1.29 is 9.84 Å². The van der Waals surface area contributed by atoms with Gasteiger partial charge in [0.1, 0.15) is 12.4 Å². The van der Waals surface area contributed by atoms with Crippen LogP contribution in [-0.2, 0) is 19.6 Å². The van der Waals surface area contributed by atoms with Gasteiger partial charge in [-0.05, 0) is 36.6 Å². The number of hydrogen-bond acceptors (Lipinski definition) is 3. The number of nitrogens with zero attached hydrogens (tertiary/aromatic N) is 2. The van der Waals surface area contributed by atoms with Crippen LogP contribution < -0.4 is 4.74 Å². The summed E-state index contributed by atoms with van der Waals surface area (Å²) in [4.78, 5) is 0. The number of benzene rings is 2. The number of rotatable bonds is 7. The molecule has 24 heavy (non-hydrogen) atoms. The maximum atomic E-state index is 9.20. The minimum Gasteiger partial charge on any atom is -0.488 e. The van der Waals surface area contributed by atoms with E-state index in [1.54, 1.807) is 0 Å². The number of aromatic nitrogens is 2. The molecule has 0 aliphatic rings. The lowest BCUT2D eigenvalue weighted by atomic mass is 10.0. The minimum atomic E-state index is 0.137. The van der Waals surface area contributed by atoms with Crippen molar-refractivity contribution in [2.24, 2.45) is 0 Å². The fourth-order valence-corrected chi connectivity index (χ4v) is 2.62. The van der Waals surface area contributed by atoms with Crippen LogP contribution in [0.5, 0.6) is 5.75 Å². The van der Waals surface area contributed by atoms with Crippen molar-refractivity contribution in [3.63, 3.8) is 0 Å². The SMILES string of the molecule is CCn1cc(-c2cc(CCO)ccc2OCc2ccccc2)cn1. The summed E-state index contributed by atoms with van der Waals surface area (Å²) in [7, 11) is 0. The Hall–Kier alpha value is -2.59. The first kappa shape index (κ1) is 16.3. The largest absolute Gasteiger partial charge is 0.488 e. The molecule has 0 spiro atoms. The molecule has 0 atom stereocenters. The molecule has 1 heterocycles. The second-order valence-electron chi connectivity index (χ2n) is 5.66. The van der Waals surface area contributed by atoms with Crippen LogP contribution in [0.4, 0.5) is 0 Å². The molecule has 0 unspecified atom stereocenters. The second kappa shape index (κ2) is 7.79. The topological polar surface area (TPSA) is 47.3 Å². The first-order valence-corrected chi connectivity index (χ1v) is 8.23. The predicted molar refractivity (Wildman–Crippen MR) is 94.9 cm³/mol. The normalized spacial score (nSPS) is 10.8. The molecule has 1 N–H and O–H groups in total. The Morgan fingerprint density at radius 3 is 2.62 bits per heavy atom. The van der Waals surface area contributed by atoms with Crippen molar-refractivity contribution in [2.75, 3.05) is 6.61 Å². The molecule has 0 amide bonds. The highest BCUT2D eigenvalue weighted by Crippen LogP contribution is 2.31. The monoisotopic (exact) mass is 322 g/mol. The molecule has 0 radical (unpaired) electrons. The van der Waals surface area contributed by atoms with Gasteiger partial charge in [-0.15, -0.1) is 0 Å². The lowest BCUT2D eigenvalue weighted by molar-refractivity contribution is 0.298. The van der Waals surface area contributed by atoms with Gasteiger partial charge in [-0.3, -0.25) is 4.68 Å². The predicted octanol–water partition coefficient (Wildman–Crippen LogP) is 3.68. The summed E-state index contributed by atoms with van der Waals surface area (Å²) in [5.74, 6) is 0.830. The summed E-state index contributed by atoms with van der Waals surface area (Å²) in [6, 6.07) is 16.2. The Kier molecular flexibility index (Phi) is 5.29. The summed E-state index contributed by atoms with van der Waals surface area (Å²) in [5, 5.41) is 13.6. The molecule has 3 aromatic rings. The van der Waals surface area contributed by atoms with Crippen molar-refractivity contribution in [3.8, 4) is 16.9 Å². The van der Waals surface area contributed by atoms with E-state index in [-0.39, 0.29) is 6.61 Å². The third-order valence-electron chi connectivity index (χ3n) is 3.95. The maximum absolute atomic E-state index is 9.20. The zero-order valence-corrected chi connectivity index (χ0v) is 13.9. The highest BCUT2D eigenvalue weighted by Gasteiger charge is 2.10. The van der Waals surface area contributed by atoms with Gasteiger partial charge >= 0.3 is 0 Å². The molecule has 1 aromatic heterocycles. The quantitative estimate of drug-likeness (QED) is 0.722. The number of aliphatic hydroxyl groups excluding tert-OH is 1. The van der Waals surface area contributed by atoms with Crippen molar-refractivity contribution in [1.29, 1.82) is 0 Å². The Labute approximate surface area is 142 Å². The van der Waals surface area contributed by atoms with Gasteiger partial charge in [0.05, 0.1) is 6.20 Å². The number of aryl methyl sites for hydroxylation is 1. The molecule has 0 saturated heterocycles. The van der Waals surface area contributed by atoms with Crippen molar-refractivity contribution >= 4 is 0 Å². The van der Waals surface area contributed by atoms with Gasteiger partial charge in [0.15, 0.2) is 0 Å². The van der Waals surface area contributed by atoms with Gasteiger partial charge in [-0.2, -0.15) is 5.10 Å². The summed E-state index contributed by atoms with van der Waals surface area (Å²) in [6.45, 7) is 3.55. The van der Waals surface area contributed by atoms with Gasteiger partial charge in [0.2, 0.25) is 0 Å². The third kappa shape index (κ3) is 3.84. The summed E-state index contributed by atoms with van der Waals surface area (Å²) >= 11 is 0. The lowest BCUT2D eigenvalue weighted by Crippen LogP contribution is -1.98.